The van der Waals surface area contributed by atoms with Gasteiger partial charge in [-0.25, -0.2) is 0 Å². The molecule has 2 saturated heterocycles. The summed E-state index contributed by atoms with van der Waals surface area (Å²) in [7, 11) is 0. The molecule has 2 amide bonds. The van der Waals surface area contributed by atoms with E-state index in [9.17, 15) is 9.59 Å². The van der Waals surface area contributed by atoms with Gasteiger partial charge in [-0.15, -0.1) is 12.4 Å². The first-order valence-electron chi connectivity index (χ1n) is 8.54. The second kappa shape index (κ2) is 8.16. The number of carbonyl (C=O) groups excluding carboxylic acids is 2. The molecule has 1 aliphatic carbocycles. The number of amides is 2. The van der Waals surface area contributed by atoms with Crippen LogP contribution in [0.25, 0.3) is 0 Å². The average Bonchev–Trinajstić information content (AvgIpc) is 3.22. The van der Waals surface area contributed by atoms with Crippen LogP contribution < -0.4 is 10.6 Å². The lowest BCUT2D eigenvalue weighted by atomic mass is 10.0. The first-order valence-corrected chi connectivity index (χ1v) is 8.54. The summed E-state index contributed by atoms with van der Waals surface area (Å²) in [6.45, 7) is 2.72. The predicted octanol–water partition coefficient (Wildman–Crippen LogP) is 1.46. The molecule has 3 aliphatic rings. The summed E-state index contributed by atoms with van der Waals surface area (Å²) in [5.74, 6) is 0.831. The van der Waals surface area contributed by atoms with Crippen LogP contribution in [-0.4, -0.2) is 48.4 Å². The van der Waals surface area contributed by atoms with Crippen molar-refractivity contribution in [3.63, 3.8) is 0 Å². The van der Waals surface area contributed by atoms with Gasteiger partial charge in [0, 0.05) is 37.5 Å². The van der Waals surface area contributed by atoms with Gasteiger partial charge in [-0.1, -0.05) is 0 Å². The van der Waals surface area contributed by atoms with Crippen LogP contribution in [0.3, 0.4) is 0 Å². The second-order valence-electron chi connectivity index (χ2n) is 6.77. The third-order valence-corrected chi connectivity index (χ3v) is 4.98. The fraction of sp³-hybridized carbons (Fsp3) is 0.875. The quantitative estimate of drug-likeness (QED) is 0.802. The van der Waals surface area contributed by atoms with Gasteiger partial charge in [0.2, 0.25) is 11.8 Å². The molecule has 0 bridgehead atoms. The average molecular weight is 330 g/mol. The highest BCUT2D eigenvalue weighted by atomic mass is 35.5. The van der Waals surface area contributed by atoms with E-state index in [1.54, 1.807) is 0 Å². The van der Waals surface area contributed by atoms with Gasteiger partial charge >= 0.3 is 0 Å². The summed E-state index contributed by atoms with van der Waals surface area (Å²) in [4.78, 5) is 25.9. The van der Waals surface area contributed by atoms with Crippen LogP contribution in [0.5, 0.6) is 0 Å². The van der Waals surface area contributed by atoms with E-state index in [1.807, 2.05) is 4.90 Å². The zero-order valence-electron chi connectivity index (χ0n) is 13.2. The molecule has 0 aromatic carbocycles. The van der Waals surface area contributed by atoms with E-state index >= 15 is 0 Å². The number of hydrogen-bond acceptors (Lipinski definition) is 3. The molecular formula is C16H28ClN3O2. The molecule has 3 fully saturated rings. The maximum atomic E-state index is 12.0. The molecule has 6 heteroatoms. The van der Waals surface area contributed by atoms with Gasteiger partial charge in [-0.3, -0.25) is 9.59 Å². The van der Waals surface area contributed by atoms with Crippen molar-refractivity contribution in [2.75, 3.05) is 19.6 Å². The molecule has 5 nitrogen and oxygen atoms in total. The van der Waals surface area contributed by atoms with Gasteiger partial charge in [-0.2, -0.15) is 0 Å². The van der Waals surface area contributed by atoms with Gasteiger partial charge in [-0.05, 0) is 51.5 Å². The molecule has 0 aromatic heterocycles. The molecule has 3 rings (SSSR count). The lowest BCUT2D eigenvalue weighted by Crippen LogP contribution is -2.47. The van der Waals surface area contributed by atoms with Gasteiger partial charge in [0.1, 0.15) is 0 Å². The van der Waals surface area contributed by atoms with Crippen LogP contribution in [0.2, 0.25) is 0 Å². The molecule has 1 unspecified atom stereocenters. The highest BCUT2D eigenvalue weighted by Gasteiger charge is 2.35. The first-order chi connectivity index (χ1) is 10.2. The molecule has 0 aromatic rings. The number of carbonyl (C=O) groups is 2. The Balaban J connectivity index is 0.00000176. The summed E-state index contributed by atoms with van der Waals surface area (Å²) in [5.41, 5.74) is 0. The Morgan fingerprint density at radius 1 is 1.09 bits per heavy atom. The summed E-state index contributed by atoms with van der Waals surface area (Å²) < 4.78 is 0. The third kappa shape index (κ3) is 4.85. The lowest BCUT2D eigenvalue weighted by Gasteiger charge is -2.32. The molecule has 0 radical (unpaired) electrons. The number of nitrogens with one attached hydrogen (secondary N) is 2. The third-order valence-electron chi connectivity index (χ3n) is 4.98. The normalized spacial score (nSPS) is 25.6. The topological polar surface area (TPSA) is 61.4 Å². The smallest absolute Gasteiger partial charge is 0.225 e. The summed E-state index contributed by atoms with van der Waals surface area (Å²) in [6, 6.07) is 0.797. The predicted molar refractivity (Wildman–Crippen MR) is 88.0 cm³/mol. The monoisotopic (exact) mass is 329 g/mol. The van der Waals surface area contributed by atoms with E-state index in [-0.39, 0.29) is 24.4 Å². The van der Waals surface area contributed by atoms with Crippen molar-refractivity contribution < 1.29 is 9.59 Å². The molecule has 2 heterocycles. The zero-order chi connectivity index (χ0) is 14.7. The first kappa shape index (κ1) is 17.5. The number of hydrogen-bond donors (Lipinski definition) is 2. The Labute approximate surface area is 139 Å². The van der Waals surface area contributed by atoms with Crippen LogP contribution in [-0.2, 0) is 9.59 Å². The van der Waals surface area contributed by atoms with Crippen LogP contribution in [0.15, 0.2) is 0 Å². The van der Waals surface area contributed by atoms with Crippen LogP contribution >= 0.6 is 12.4 Å². The number of likely N-dealkylation sites (tertiary alicyclic amines) is 1. The van der Waals surface area contributed by atoms with Crippen molar-refractivity contribution in [1.29, 1.82) is 0 Å². The Morgan fingerprint density at radius 2 is 1.82 bits per heavy atom. The van der Waals surface area contributed by atoms with Crippen molar-refractivity contribution in [2.24, 2.45) is 5.92 Å². The number of rotatable bonds is 5. The minimum Gasteiger partial charge on any atom is -0.353 e. The minimum atomic E-state index is 0. The van der Waals surface area contributed by atoms with Gasteiger partial charge in [0.25, 0.3) is 0 Å². The standard InChI is InChI=1S/C16H27N3O2.ClH/c20-15(6-5-13-2-1-9-17-13)18-14-7-10-19(11-8-14)16(21)12-3-4-12;/h12-14,17H,1-11H2,(H,18,20);1H. The fourth-order valence-corrected chi connectivity index (χ4v) is 3.44. The Morgan fingerprint density at radius 3 is 2.41 bits per heavy atom. The van der Waals surface area contributed by atoms with E-state index in [2.05, 4.69) is 10.6 Å². The molecule has 1 saturated carbocycles. The van der Waals surface area contributed by atoms with E-state index < -0.39 is 0 Å². The van der Waals surface area contributed by atoms with E-state index in [0.29, 0.717) is 24.3 Å². The van der Waals surface area contributed by atoms with Crippen molar-refractivity contribution in [2.45, 2.75) is 63.5 Å². The number of halogens is 1. The van der Waals surface area contributed by atoms with E-state index in [4.69, 9.17) is 0 Å². The molecule has 126 valence electrons. The van der Waals surface area contributed by atoms with E-state index in [0.717, 1.165) is 51.7 Å². The molecule has 0 spiro atoms. The molecule has 2 aliphatic heterocycles. The summed E-state index contributed by atoms with van der Waals surface area (Å²) in [6.07, 6.45) is 7.98. The molecular weight excluding hydrogens is 302 g/mol. The van der Waals surface area contributed by atoms with Crippen molar-refractivity contribution in [3.05, 3.63) is 0 Å². The number of nitrogens with zero attached hydrogens (tertiary/aromatic N) is 1. The van der Waals surface area contributed by atoms with Crippen LogP contribution in [0.4, 0.5) is 0 Å². The Bertz CT molecular complexity index is 387. The van der Waals surface area contributed by atoms with Gasteiger partial charge < -0.3 is 15.5 Å². The van der Waals surface area contributed by atoms with Gasteiger partial charge in [0.15, 0.2) is 0 Å². The summed E-state index contributed by atoms with van der Waals surface area (Å²) in [5, 5.41) is 6.57. The van der Waals surface area contributed by atoms with Crippen molar-refractivity contribution in [3.8, 4) is 0 Å². The van der Waals surface area contributed by atoms with Crippen LogP contribution in [0, 0.1) is 5.92 Å². The largest absolute Gasteiger partial charge is 0.353 e. The van der Waals surface area contributed by atoms with Crippen molar-refractivity contribution in [1.82, 2.24) is 15.5 Å². The zero-order valence-corrected chi connectivity index (χ0v) is 14.0. The minimum absolute atomic E-state index is 0. The highest BCUT2D eigenvalue weighted by Crippen LogP contribution is 2.31. The fourth-order valence-electron chi connectivity index (χ4n) is 3.44. The molecule has 1 atom stereocenters. The van der Waals surface area contributed by atoms with Crippen molar-refractivity contribution >= 4 is 24.2 Å². The summed E-state index contributed by atoms with van der Waals surface area (Å²) >= 11 is 0. The van der Waals surface area contributed by atoms with Crippen LogP contribution in [0.1, 0.15) is 51.4 Å². The van der Waals surface area contributed by atoms with E-state index in [1.165, 1.54) is 12.8 Å². The highest BCUT2D eigenvalue weighted by molar-refractivity contribution is 5.85. The SMILES string of the molecule is Cl.O=C(CCC1CCCN1)NC1CCN(C(=O)C2CC2)CC1. The Kier molecular flexibility index (Phi) is 6.50. The van der Waals surface area contributed by atoms with Gasteiger partial charge in [0.05, 0.1) is 0 Å². The second-order valence-corrected chi connectivity index (χ2v) is 6.77. The molecule has 22 heavy (non-hydrogen) atoms. The Hall–Kier alpha value is -0.810. The maximum absolute atomic E-state index is 12.0. The maximum Gasteiger partial charge on any atom is 0.225 e. The lowest BCUT2D eigenvalue weighted by molar-refractivity contribution is -0.133. The number of piperidine rings is 1. The molecule has 2 N–H and O–H groups in total.